The molecule has 9 nitrogen and oxygen atoms in total. The first-order valence-corrected chi connectivity index (χ1v) is 39.8. The van der Waals surface area contributed by atoms with Crippen molar-refractivity contribution in [3.05, 3.63) is 0 Å². The first-order chi connectivity index (χ1) is 42.8. The highest BCUT2D eigenvalue weighted by Crippen LogP contribution is 2.34. The zero-order valence-corrected chi connectivity index (χ0v) is 60.0. The lowest BCUT2D eigenvalue weighted by Crippen LogP contribution is -2.45. The molecule has 1 aliphatic carbocycles. The van der Waals surface area contributed by atoms with Gasteiger partial charge in [-0.05, 0) is 136 Å². The summed E-state index contributed by atoms with van der Waals surface area (Å²) in [7, 11) is 0. The van der Waals surface area contributed by atoms with Crippen molar-refractivity contribution < 1.29 is 14.4 Å². The molecule has 3 N–H and O–H groups in total. The van der Waals surface area contributed by atoms with E-state index in [0.717, 1.165) is 78.2 Å². The molecule has 516 valence electrons. The molecular formula is C78H156N6O3. The molecular weight excluding hydrogens is 1070 g/mol. The van der Waals surface area contributed by atoms with Gasteiger partial charge in [0.15, 0.2) is 0 Å². The number of carbonyl (C=O) groups is 3. The zero-order valence-electron chi connectivity index (χ0n) is 60.0. The van der Waals surface area contributed by atoms with E-state index >= 15 is 0 Å². The maximum absolute atomic E-state index is 14.3. The summed E-state index contributed by atoms with van der Waals surface area (Å²) in [5.74, 6) is -0.884. The Morgan fingerprint density at radius 3 is 0.517 bits per heavy atom. The number of unbranched alkanes of at least 4 members (excludes halogenated alkanes) is 42. The van der Waals surface area contributed by atoms with Crippen LogP contribution in [-0.2, 0) is 14.4 Å². The number of carbonyl (C=O) groups excluding carboxylic acids is 3. The molecule has 0 saturated heterocycles. The molecule has 0 aromatic carbocycles. The summed E-state index contributed by atoms with van der Waals surface area (Å²) in [4.78, 5) is 50.9. The molecule has 0 aromatic rings. The number of hydrogen-bond acceptors (Lipinski definition) is 6. The summed E-state index contributed by atoms with van der Waals surface area (Å²) in [6.07, 6.45) is 68.7. The van der Waals surface area contributed by atoms with Gasteiger partial charge in [-0.25, -0.2) is 0 Å². The van der Waals surface area contributed by atoms with Gasteiger partial charge in [0, 0.05) is 37.4 Å². The van der Waals surface area contributed by atoms with Crippen molar-refractivity contribution in [1.29, 1.82) is 0 Å². The Balaban J connectivity index is 3.04. The topological polar surface area (TPSA) is 97.0 Å². The van der Waals surface area contributed by atoms with E-state index in [9.17, 15) is 14.4 Å². The van der Waals surface area contributed by atoms with E-state index in [1.165, 1.54) is 308 Å². The predicted molar refractivity (Wildman–Crippen MR) is 382 cm³/mol. The molecule has 87 heavy (non-hydrogen) atoms. The molecule has 0 spiro atoms. The maximum Gasteiger partial charge on any atom is 0.223 e. The largest absolute Gasteiger partial charge is 0.356 e. The number of nitrogens with zero attached hydrogens (tertiary/aromatic N) is 3. The number of amides is 3. The molecule has 1 saturated carbocycles. The smallest absolute Gasteiger partial charge is 0.223 e. The summed E-state index contributed by atoms with van der Waals surface area (Å²) in [6, 6.07) is 0. The van der Waals surface area contributed by atoms with Gasteiger partial charge in [-0.3, -0.25) is 14.4 Å². The standard InChI is InChI=1S/C78H156N6O3/c1-7-13-19-25-31-37-43-49-61-82(62-50-44-38-32-26-20-14-8-2)67-55-58-79-76(85)73-70-74(77(86)80-59-56-68-83(63-51-45-39-33-27-21-15-9-3)64-52-46-40-34-28-22-16-10-4)72-75(71-73)78(87)81-60-57-69-84(65-53-47-41-35-29-23-17-11-5)66-54-48-42-36-30-24-18-12-6/h73-75H,7-72H2,1-6H3,(H,79,85)(H,80,86)(H,81,87)/t73-,74+,75-. The molecule has 1 fully saturated rings. The quantitative estimate of drug-likeness (QED) is 0.0525. The molecule has 0 aromatic heterocycles. The molecule has 0 unspecified atom stereocenters. The van der Waals surface area contributed by atoms with Crippen molar-refractivity contribution in [2.45, 2.75) is 388 Å². The Bertz CT molecular complexity index is 1220. The van der Waals surface area contributed by atoms with Crippen molar-refractivity contribution in [3.8, 4) is 0 Å². The molecule has 0 atom stereocenters. The second-order valence-corrected chi connectivity index (χ2v) is 28.1. The van der Waals surface area contributed by atoms with Gasteiger partial charge in [0.2, 0.25) is 17.7 Å². The number of hydrogen-bond donors (Lipinski definition) is 3. The fourth-order valence-electron chi connectivity index (χ4n) is 13.8. The average Bonchev–Trinajstić information content (AvgIpc) is 3.72. The minimum atomic E-state index is -0.335. The SMILES string of the molecule is CCCCCCCCCCN(CCCCCCCCCC)CCCNC(=O)[C@H]1C[C@@H](C(=O)NCCCN(CCCCCCCCCC)CCCCCCCCCC)C[C@@H](C(=O)NCCCN(CCCCCCCCCC)CCCCCCCCCC)C1. The van der Waals surface area contributed by atoms with Gasteiger partial charge in [-0.1, -0.05) is 311 Å². The summed E-state index contributed by atoms with van der Waals surface area (Å²) >= 11 is 0. The summed E-state index contributed by atoms with van der Waals surface area (Å²) < 4.78 is 0. The summed E-state index contributed by atoms with van der Waals surface area (Å²) in [5.41, 5.74) is 0. The van der Waals surface area contributed by atoms with Crippen molar-refractivity contribution in [2.24, 2.45) is 17.8 Å². The van der Waals surface area contributed by atoms with Crippen molar-refractivity contribution in [3.63, 3.8) is 0 Å². The second-order valence-electron chi connectivity index (χ2n) is 28.1. The van der Waals surface area contributed by atoms with Crippen LogP contribution in [-0.4, -0.2) is 111 Å². The van der Waals surface area contributed by atoms with Crippen LogP contribution in [0.25, 0.3) is 0 Å². The van der Waals surface area contributed by atoms with Gasteiger partial charge in [-0.15, -0.1) is 0 Å². The predicted octanol–water partition coefficient (Wildman–Crippen LogP) is 21.3. The molecule has 3 amide bonds. The van der Waals surface area contributed by atoms with Gasteiger partial charge < -0.3 is 30.7 Å². The van der Waals surface area contributed by atoms with Crippen LogP contribution < -0.4 is 16.0 Å². The van der Waals surface area contributed by atoms with Crippen LogP contribution in [0.1, 0.15) is 388 Å². The van der Waals surface area contributed by atoms with Gasteiger partial charge in [-0.2, -0.15) is 0 Å². The second kappa shape index (κ2) is 65.8. The van der Waals surface area contributed by atoms with Crippen molar-refractivity contribution in [2.75, 3.05) is 78.5 Å². The minimum Gasteiger partial charge on any atom is -0.356 e. The third-order valence-electron chi connectivity index (χ3n) is 19.6. The van der Waals surface area contributed by atoms with Crippen LogP contribution in [0.15, 0.2) is 0 Å². The lowest BCUT2D eigenvalue weighted by molar-refractivity contribution is -0.135. The van der Waals surface area contributed by atoms with E-state index in [1.807, 2.05) is 0 Å². The van der Waals surface area contributed by atoms with Gasteiger partial charge in [0.05, 0.1) is 0 Å². The monoisotopic (exact) mass is 1230 g/mol. The molecule has 9 heteroatoms. The van der Waals surface area contributed by atoms with Crippen LogP contribution in [0.4, 0.5) is 0 Å². The van der Waals surface area contributed by atoms with E-state index in [0.29, 0.717) is 38.9 Å². The normalized spacial score (nSPS) is 15.3. The van der Waals surface area contributed by atoms with Crippen LogP contribution >= 0.6 is 0 Å². The Kier molecular flexibility index (Phi) is 63.0. The molecule has 1 aliphatic rings. The highest BCUT2D eigenvalue weighted by atomic mass is 16.2. The third-order valence-corrected chi connectivity index (χ3v) is 19.6. The molecule has 1 rings (SSSR count). The van der Waals surface area contributed by atoms with Crippen LogP contribution in [0.5, 0.6) is 0 Å². The average molecular weight is 1230 g/mol. The Morgan fingerprint density at radius 1 is 0.218 bits per heavy atom. The molecule has 0 bridgehead atoms. The van der Waals surface area contributed by atoms with E-state index in [1.54, 1.807) is 0 Å². The first kappa shape index (κ1) is 83.3. The Labute approximate surface area is 544 Å². The number of nitrogens with one attached hydrogen (secondary N) is 3. The number of rotatable bonds is 69. The molecule has 0 radical (unpaired) electrons. The van der Waals surface area contributed by atoms with Crippen molar-refractivity contribution in [1.82, 2.24) is 30.7 Å². The maximum atomic E-state index is 14.3. The minimum absolute atomic E-state index is 0.0399. The Morgan fingerprint density at radius 2 is 0.356 bits per heavy atom. The van der Waals surface area contributed by atoms with Crippen LogP contribution in [0.2, 0.25) is 0 Å². The van der Waals surface area contributed by atoms with Gasteiger partial charge in [0.1, 0.15) is 0 Å². The van der Waals surface area contributed by atoms with Crippen molar-refractivity contribution >= 4 is 17.7 Å². The Hall–Kier alpha value is -1.71. The molecule has 0 aliphatic heterocycles. The summed E-state index contributed by atoms with van der Waals surface area (Å²) in [6.45, 7) is 25.7. The van der Waals surface area contributed by atoms with Crippen LogP contribution in [0, 0.1) is 17.8 Å². The highest BCUT2D eigenvalue weighted by molar-refractivity contribution is 5.86. The lowest BCUT2D eigenvalue weighted by Gasteiger charge is -2.33. The van der Waals surface area contributed by atoms with Crippen LogP contribution in [0.3, 0.4) is 0 Å². The van der Waals surface area contributed by atoms with Gasteiger partial charge in [0.25, 0.3) is 0 Å². The molecule has 0 heterocycles. The zero-order chi connectivity index (χ0) is 63.0. The first-order valence-electron chi connectivity index (χ1n) is 39.8. The van der Waals surface area contributed by atoms with Gasteiger partial charge >= 0.3 is 0 Å². The highest BCUT2D eigenvalue weighted by Gasteiger charge is 2.39. The van der Waals surface area contributed by atoms with E-state index in [-0.39, 0.29) is 35.5 Å². The third kappa shape index (κ3) is 53.5. The lowest BCUT2D eigenvalue weighted by atomic mass is 9.74. The van der Waals surface area contributed by atoms with E-state index < -0.39 is 0 Å². The fraction of sp³-hybridized carbons (Fsp3) is 0.962. The van der Waals surface area contributed by atoms with E-state index in [2.05, 4.69) is 72.2 Å². The summed E-state index contributed by atoms with van der Waals surface area (Å²) in [5, 5.41) is 10.1. The van der Waals surface area contributed by atoms with E-state index in [4.69, 9.17) is 0 Å². The fourth-order valence-corrected chi connectivity index (χ4v) is 13.8.